The standard InChI is InChI=1S/C12H23NO4S/c1-11(2,14)10-9(12(3,4)18(10,15)16)13-5-7-17-8-6-13/h9-10,14H,5-8H2,1-4H3/t9-,10-/m0/s1. The lowest BCUT2D eigenvalue weighted by Crippen LogP contribution is -2.78. The van der Waals surface area contributed by atoms with E-state index < -0.39 is 25.4 Å². The largest absolute Gasteiger partial charge is 0.389 e. The summed E-state index contributed by atoms with van der Waals surface area (Å²) < 4.78 is 29.2. The maximum atomic E-state index is 12.4. The van der Waals surface area contributed by atoms with Gasteiger partial charge in [0, 0.05) is 19.1 Å². The Morgan fingerprint density at radius 2 is 1.78 bits per heavy atom. The fourth-order valence-corrected chi connectivity index (χ4v) is 5.87. The number of hydrogen-bond donors (Lipinski definition) is 1. The van der Waals surface area contributed by atoms with Gasteiger partial charge in [0.2, 0.25) is 0 Å². The van der Waals surface area contributed by atoms with Crippen LogP contribution in [-0.2, 0) is 14.6 Å². The predicted molar refractivity (Wildman–Crippen MR) is 69.3 cm³/mol. The molecule has 0 spiro atoms. The van der Waals surface area contributed by atoms with Gasteiger partial charge in [0.1, 0.15) is 5.25 Å². The van der Waals surface area contributed by atoms with Crippen molar-refractivity contribution in [2.75, 3.05) is 26.3 Å². The van der Waals surface area contributed by atoms with Crippen LogP contribution in [0, 0.1) is 0 Å². The van der Waals surface area contributed by atoms with Crippen molar-refractivity contribution in [1.29, 1.82) is 0 Å². The summed E-state index contributed by atoms with van der Waals surface area (Å²) >= 11 is 0. The highest BCUT2D eigenvalue weighted by Crippen LogP contribution is 2.47. The monoisotopic (exact) mass is 277 g/mol. The van der Waals surface area contributed by atoms with Gasteiger partial charge in [-0.1, -0.05) is 0 Å². The van der Waals surface area contributed by atoms with Crippen LogP contribution in [0.5, 0.6) is 0 Å². The minimum Gasteiger partial charge on any atom is -0.389 e. The van der Waals surface area contributed by atoms with Gasteiger partial charge in [-0.05, 0) is 27.7 Å². The highest BCUT2D eigenvalue weighted by atomic mass is 32.2. The lowest BCUT2D eigenvalue weighted by Gasteiger charge is -2.58. The van der Waals surface area contributed by atoms with E-state index in [1.165, 1.54) is 0 Å². The quantitative estimate of drug-likeness (QED) is 0.771. The zero-order chi connectivity index (χ0) is 13.8. The Labute approximate surface area is 109 Å². The van der Waals surface area contributed by atoms with Crippen molar-refractivity contribution in [3.05, 3.63) is 0 Å². The van der Waals surface area contributed by atoms with E-state index in [4.69, 9.17) is 4.74 Å². The topological polar surface area (TPSA) is 66.8 Å². The molecule has 0 saturated carbocycles. The number of aliphatic hydroxyl groups is 1. The second-order valence-electron chi connectivity index (χ2n) is 6.32. The molecule has 0 radical (unpaired) electrons. The molecule has 18 heavy (non-hydrogen) atoms. The van der Waals surface area contributed by atoms with Crippen LogP contribution in [0.15, 0.2) is 0 Å². The van der Waals surface area contributed by atoms with Crippen LogP contribution >= 0.6 is 0 Å². The molecule has 0 unspecified atom stereocenters. The molecule has 0 bridgehead atoms. The highest BCUT2D eigenvalue weighted by Gasteiger charge is 2.67. The number of rotatable bonds is 2. The minimum absolute atomic E-state index is 0.133. The fraction of sp³-hybridized carbons (Fsp3) is 1.00. The number of morpholine rings is 1. The third-order valence-corrected chi connectivity index (χ3v) is 7.41. The fourth-order valence-electron chi connectivity index (χ4n) is 3.21. The molecule has 2 fully saturated rings. The molecule has 2 saturated heterocycles. The first-order valence-electron chi connectivity index (χ1n) is 6.38. The Bertz CT molecular complexity index is 418. The molecule has 5 nitrogen and oxygen atoms in total. The summed E-state index contributed by atoms with van der Waals surface area (Å²) in [6, 6.07) is -0.133. The SMILES string of the molecule is CC(C)(O)[C@@H]1[C@H](N2CCOCC2)C(C)(C)S1(=O)=O. The molecule has 0 aromatic rings. The summed E-state index contributed by atoms with van der Waals surface area (Å²) in [6.07, 6.45) is 0. The summed E-state index contributed by atoms with van der Waals surface area (Å²) in [6.45, 7) is 9.40. The molecule has 2 aliphatic heterocycles. The van der Waals surface area contributed by atoms with Crippen LogP contribution in [-0.4, -0.2) is 66.4 Å². The van der Waals surface area contributed by atoms with Crippen molar-refractivity contribution in [2.24, 2.45) is 0 Å². The first-order chi connectivity index (χ1) is 8.10. The van der Waals surface area contributed by atoms with E-state index in [2.05, 4.69) is 4.90 Å². The minimum atomic E-state index is -3.29. The third-order valence-electron chi connectivity index (χ3n) is 4.20. The number of hydrogen-bond acceptors (Lipinski definition) is 5. The van der Waals surface area contributed by atoms with Crippen molar-refractivity contribution in [3.8, 4) is 0 Å². The molecule has 2 rings (SSSR count). The summed E-state index contributed by atoms with van der Waals surface area (Å²) in [7, 11) is -3.29. The maximum absolute atomic E-state index is 12.4. The Kier molecular flexibility index (Phi) is 3.29. The van der Waals surface area contributed by atoms with Crippen LogP contribution < -0.4 is 0 Å². The molecule has 0 aromatic heterocycles. The molecule has 2 aliphatic rings. The van der Waals surface area contributed by atoms with Gasteiger partial charge >= 0.3 is 0 Å². The summed E-state index contributed by atoms with van der Waals surface area (Å²) in [5, 5.41) is 9.46. The van der Waals surface area contributed by atoms with E-state index in [0.717, 1.165) is 13.1 Å². The number of nitrogens with zero attached hydrogens (tertiary/aromatic N) is 1. The Morgan fingerprint density at radius 1 is 1.28 bits per heavy atom. The normalized spacial score (nSPS) is 36.1. The van der Waals surface area contributed by atoms with Gasteiger partial charge in [-0.2, -0.15) is 0 Å². The molecular weight excluding hydrogens is 254 g/mol. The molecule has 0 amide bonds. The lowest BCUT2D eigenvalue weighted by atomic mass is 9.87. The Hall–Kier alpha value is -0.170. The molecule has 2 heterocycles. The van der Waals surface area contributed by atoms with Gasteiger partial charge in [0.05, 0.1) is 23.6 Å². The second kappa shape index (κ2) is 4.16. The molecule has 0 aliphatic carbocycles. The van der Waals surface area contributed by atoms with E-state index in [9.17, 15) is 13.5 Å². The van der Waals surface area contributed by atoms with E-state index in [-0.39, 0.29) is 6.04 Å². The maximum Gasteiger partial charge on any atom is 0.164 e. The average Bonchev–Trinajstić information content (AvgIpc) is 2.24. The molecule has 6 heteroatoms. The van der Waals surface area contributed by atoms with Crippen LogP contribution in [0.4, 0.5) is 0 Å². The van der Waals surface area contributed by atoms with Gasteiger partial charge in [0.15, 0.2) is 9.84 Å². The van der Waals surface area contributed by atoms with Crippen LogP contribution in [0.3, 0.4) is 0 Å². The van der Waals surface area contributed by atoms with E-state index in [1.807, 2.05) is 0 Å². The zero-order valence-corrected chi connectivity index (χ0v) is 12.3. The van der Waals surface area contributed by atoms with E-state index >= 15 is 0 Å². The van der Waals surface area contributed by atoms with Gasteiger partial charge < -0.3 is 9.84 Å². The van der Waals surface area contributed by atoms with Gasteiger partial charge in [-0.25, -0.2) is 8.42 Å². The number of ether oxygens (including phenoxy) is 1. The van der Waals surface area contributed by atoms with Crippen LogP contribution in [0.2, 0.25) is 0 Å². The van der Waals surface area contributed by atoms with Crippen molar-refractivity contribution in [1.82, 2.24) is 4.90 Å². The lowest BCUT2D eigenvalue weighted by molar-refractivity contribution is -0.0317. The van der Waals surface area contributed by atoms with Crippen LogP contribution in [0.1, 0.15) is 27.7 Å². The molecular formula is C12H23NO4S. The third kappa shape index (κ3) is 1.90. The highest BCUT2D eigenvalue weighted by molar-refractivity contribution is 7.95. The smallest absolute Gasteiger partial charge is 0.164 e. The second-order valence-corrected chi connectivity index (χ2v) is 8.97. The first kappa shape index (κ1) is 14.2. The Morgan fingerprint density at radius 3 is 2.22 bits per heavy atom. The molecule has 106 valence electrons. The van der Waals surface area contributed by atoms with Crippen molar-refractivity contribution in [2.45, 2.75) is 49.3 Å². The number of sulfone groups is 1. The molecule has 0 aromatic carbocycles. The Balaban J connectivity index is 2.32. The van der Waals surface area contributed by atoms with E-state index in [1.54, 1.807) is 27.7 Å². The summed E-state index contributed by atoms with van der Waals surface area (Å²) in [5.74, 6) is 0. The summed E-state index contributed by atoms with van der Waals surface area (Å²) in [4.78, 5) is 2.15. The van der Waals surface area contributed by atoms with Crippen molar-refractivity contribution in [3.63, 3.8) is 0 Å². The van der Waals surface area contributed by atoms with Crippen molar-refractivity contribution >= 4 is 9.84 Å². The zero-order valence-electron chi connectivity index (χ0n) is 11.5. The van der Waals surface area contributed by atoms with Gasteiger partial charge in [0.25, 0.3) is 0 Å². The van der Waals surface area contributed by atoms with Gasteiger partial charge in [-0.15, -0.1) is 0 Å². The molecule has 1 N–H and O–H groups in total. The van der Waals surface area contributed by atoms with Crippen LogP contribution in [0.25, 0.3) is 0 Å². The van der Waals surface area contributed by atoms with Gasteiger partial charge in [-0.3, -0.25) is 4.90 Å². The molecule has 2 atom stereocenters. The van der Waals surface area contributed by atoms with Crippen molar-refractivity contribution < 1.29 is 18.3 Å². The predicted octanol–water partition coefficient (Wildman–Crippen LogP) is 0.0337. The first-order valence-corrected chi connectivity index (χ1v) is 7.92. The average molecular weight is 277 g/mol. The van der Waals surface area contributed by atoms with E-state index in [0.29, 0.717) is 13.2 Å². The summed E-state index contributed by atoms with van der Waals surface area (Å²) in [5.41, 5.74) is -1.21.